The number of hydrogen-bond acceptors (Lipinski definition) is 2. The Balaban J connectivity index is 2.57. The molecule has 0 saturated carbocycles. The minimum atomic E-state index is -0.700. The lowest BCUT2D eigenvalue weighted by Crippen LogP contribution is -1.99. The Bertz CT molecular complexity index is 1200. The Hall–Kier alpha value is -2.26. The van der Waals surface area contributed by atoms with Crippen molar-refractivity contribution in [1.29, 1.82) is 0 Å². The molecule has 0 amide bonds. The summed E-state index contributed by atoms with van der Waals surface area (Å²) in [5.74, 6) is -0.580. The standard InChI is InChI=1S/C16H12BO2/c18-17-19-16-9-7-13(8-10-16)15-6-5-12-3-1-2-4-14(12)11-15/h1-11,18H/i1D,2D,3D,4D,5D,6D,7D,8D,9D,10D,11D. The molecule has 1 N–H and O–H groups in total. The van der Waals surface area contributed by atoms with Crippen LogP contribution in [0.25, 0.3) is 21.9 Å². The van der Waals surface area contributed by atoms with E-state index in [1.165, 1.54) is 0 Å². The summed E-state index contributed by atoms with van der Waals surface area (Å²) in [7, 11) is 0.185. The van der Waals surface area contributed by atoms with Gasteiger partial charge >= 0.3 is 7.69 Å². The van der Waals surface area contributed by atoms with E-state index in [1.54, 1.807) is 0 Å². The maximum atomic E-state index is 8.79. The average Bonchev–Trinajstić information content (AvgIpc) is 2.71. The van der Waals surface area contributed by atoms with Crippen molar-refractivity contribution in [2.45, 2.75) is 0 Å². The fraction of sp³-hybridized carbons (Fsp3) is 0. The van der Waals surface area contributed by atoms with Gasteiger partial charge in [-0.15, -0.1) is 0 Å². The van der Waals surface area contributed by atoms with Crippen molar-refractivity contribution >= 4 is 18.5 Å². The van der Waals surface area contributed by atoms with Gasteiger partial charge in [0.2, 0.25) is 0 Å². The molecule has 0 atom stereocenters. The minimum Gasteiger partial charge on any atom is -0.537 e. The van der Waals surface area contributed by atoms with E-state index in [1.807, 2.05) is 0 Å². The predicted octanol–water partition coefficient (Wildman–Crippen LogP) is 3.41. The van der Waals surface area contributed by atoms with Crippen molar-refractivity contribution < 1.29 is 24.8 Å². The highest BCUT2D eigenvalue weighted by atomic mass is 16.5. The topological polar surface area (TPSA) is 29.5 Å². The van der Waals surface area contributed by atoms with Gasteiger partial charge in [0.25, 0.3) is 0 Å². The number of hydrogen-bond donors (Lipinski definition) is 1. The molecule has 0 fully saturated rings. The Morgan fingerprint density at radius 2 is 1.53 bits per heavy atom. The lowest BCUT2D eigenvalue weighted by molar-refractivity contribution is 0.454. The smallest absolute Gasteiger partial charge is 0.537 e. The monoisotopic (exact) mass is 258 g/mol. The molecule has 0 unspecified atom stereocenters. The molecule has 19 heavy (non-hydrogen) atoms. The highest BCUT2D eigenvalue weighted by Gasteiger charge is 2.00. The molecular formula is C16H12BO2. The molecule has 91 valence electrons. The van der Waals surface area contributed by atoms with Crippen LogP contribution in [-0.4, -0.2) is 12.7 Å². The van der Waals surface area contributed by atoms with E-state index in [2.05, 4.69) is 4.65 Å². The first-order valence-corrected chi connectivity index (χ1v) is 5.20. The van der Waals surface area contributed by atoms with Gasteiger partial charge in [0, 0.05) is 0 Å². The molecule has 0 bridgehead atoms. The normalized spacial score (nSPS) is 18.5. The van der Waals surface area contributed by atoms with Gasteiger partial charge in [-0.1, -0.05) is 48.3 Å². The largest absolute Gasteiger partial charge is 0.569 e. The number of rotatable bonds is 3. The molecule has 0 aliphatic heterocycles. The van der Waals surface area contributed by atoms with Crippen molar-refractivity contribution in [3.8, 4) is 16.9 Å². The van der Waals surface area contributed by atoms with E-state index in [0.29, 0.717) is 0 Å². The first-order chi connectivity index (χ1) is 14.0. The first kappa shape index (κ1) is 4.69. The second kappa shape index (κ2) is 5.16. The SMILES string of the molecule is [2H]c1c([2H])c(-c2c([2H])c([2H])c3c([2H])c([2H])c([2H])c([2H])c3c2[2H])c([2H])c([2H])c1O[B]O. The predicted molar refractivity (Wildman–Crippen MR) is 78.0 cm³/mol. The quantitative estimate of drug-likeness (QED) is 0.729. The van der Waals surface area contributed by atoms with Gasteiger partial charge < -0.3 is 9.68 Å². The van der Waals surface area contributed by atoms with Crippen molar-refractivity contribution in [3.05, 3.63) is 66.5 Å². The molecule has 0 heterocycles. The molecule has 3 heteroatoms. The summed E-state index contributed by atoms with van der Waals surface area (Å²) < 4.78 is 93.7. The van der Waals surface area contributed by atoms with Crippen molar-refractivity contribution in [3.63, 3.8) is 0 Å². The fourth-order valence-electron chi connectivity index (χ4n) is 1.44. The Kier molecular flexibility index (Phi) is 1.28. The van der Waals surface area contributed by atoms with Gasteiger partial charge in [-0.2, -0.15) is 0 Å². The van der Waals surface area contributed by atoms with Crippen LogP contribution in [0.4, 0.5) is 0 Å². The van der Waals surface area contributed by atoms with Crippen LogP contribution in [-0.2, 0) is 0 Å². The molecule has 1 radical (unpaired) electrons. The fourth-order valence-corrected chi connectivity index (χ4v) is 1.44. The molecule has 3 aromatic rings. The van der Waals surface area contributed by atoms with E-state index >= 15 is 0 Å². The summed E-state index contributed by atoms with van der Waals surface area (Å²) in [6.45, 7) is 0. The highest BCUT2D eigenvalue weighted by Crippen LogP contribution is 2.25. The van der Waals surface area contributed by atoms with Crippen molar-refractivity contribution in [2.24, 2.45) is 0 Å². The van der Waals surface area contributed by atoms with E-state index in [9.17, 15) is 0 Å². The Morgan fingerprint density at radius 3 is 2.26 bits per heavy atom. The summed E-state index contributed by atoms with van der Waals surface area (Å²) in [5, 5.41) is 8.09. The molecule has 3 aromatic carbocycles. The Labute approximate surface area is 128 Å². The summed E-state index contributed by atoms with van der Waals surface area (Å²) in [6, 6.07) is -7.21. The zero-order valence-electron chi connectivity index (χ0n) is 20.4. The van der Waals surface area contributed by atoms with Crippen LogP contribution < -0.4 is 4.65 Å². The van der Waals surface area contributed by atoms with E-state index in [0.717, 1.165) is 0 Å². The van der Waals surface area contributed by atoms with Gasteiger partial charge in [0.1, 0.15) is 5.75 Å². The van der Waals surface area contributed by atoms with Crippen LogP contribution in [0.1, 0.15) is 15.1 Å². The number of benzene rings is 3. The molecule has 0 aliphatic carbocycles. The van der Waals surface area contributed by atoms with Crippen LogP contribution in [0.3, 0.4) is 0 Å². The third kappa shape index (κ3) is 2.46. The van der Waals surface area contributed by atoms with Crippen LogP contribution in [0.2, 0.25) is 0 Å². The van der Waals surface area contributed by atoms with Crippen molar-refractivity contribution in [1.82, 2.24) is 0 Å². The average molecular weight is 258 g/mol. The third-order valence-electron chi connectivity index (χ3n) is 2.27. The molecule has 0 aromatic heterocycles. The van der Waals surface area contributed by atoms with Crippen molar-refractivity contribution in [2.75, 3.05) is 0 Å². The second-order valence-electron chi connectivity index (χ2n) is 3.43. The second-order valence-corrected chi connectivity index (χ2v) is 3.43. The summed E-state index contributed by atoms with van der Waals surface area (Å²) in [6.07, 6.45) is 0. The summed E-state index contributed by atoms with van der Waals surface area (Å²) in [4.78, 5) is 0. The van der Waals surface area contributed by atoms with Gasteiger partial charge in [0.05, 0.1) is 15.1 Å². The van der Waals surface area contributed by atoms with Crippen LogP contribution in [0.15, 0.2) is 66.5 Å². The molecule has 0 aliphatic rings. The third-order valence-corrected chi connectivity index (χ3v) is 2.27. The van der Waals surface area contributed by atoms with E-state index in [4.69, 9.17) is 20.1 Å². The van der Waals surface area contributed by atoms with Gasteiger partial charge in [-0.3, -0.25) is 0 Å². The summed E-state index contributed by atoms with van der Waals surface area (Å²) in [5.41, 5.74) is -0.970. The molecule has 3 rings (SSSR count). The van der Waals surface area contributed by atoms with Gasteiger partial charge in [-0.25, -0.2) is 0 Å². The van der Waals surface area contributed by atoms with Crippen LogP contribution in [0.5, 0.6) is 5.75 Å². The highest BCUT2D eigenvalue weighted by molar-refractivity contribution is 6.17. The zero-order valence-corrected chi connectivity index (χ0v) is 9.43. The summed E-state index contributed by atoms with van der Waals surface area (Å²) >= 11 is 0. The van der Waals surface area contributed by atoms with Crippen LogP contribution in [0, 0.1) is 0 Å². The van der Waals surface area contributed by atoms with E-state index in [-0.39, 0.29) is 18.5 Å². The molecule has 0 saturated heterocycles. The lowest BCUT2D eigenvalue weighted by Gasteiger charge is -2.06. The lowest BCUT2D eigenvalue weighted by atomic mass is 10.0. The maximum Gasteiger partial charge on any atom is 0.569 e. The van der Waals surface area contributed by atoms with Crippen LogP contribution >= 0.6 is 0 Å². The maximum absolute atomic E-state index is 8.79. The number of fused-ring (bicyclic) bond motifs is 1. The van der Waals surface area contributed by atoms with Gasteiger partial charge in [0.15, 0.2) is 0 Å². The van der Waals surface area contributed by atoms with E-state index < -0.39 is 83.3 Å². The minimum absolute atomic E-state index is 0.185. The molecular weight excluding hydrogens is 235 g/mol. The van der Waals surface area contributed by atoms with Gasteiger partial charge in [-0.05, 0) is 40.0 Å². The molecule has 2 nitrogen and oxygen atoms in total. The first-order valence-electron chi connectivity index (χ1n) is 10.7. The molecule has 0 spiro atoms. The Morgan fingerprint density at radius 1 is 0.842 bits per heavy atom. The zero-order chi connectivity index (χ0) is 22.7.